The molecule has 1 aliphatic rings. The number of nitrogens with zero attached hydrogens (tertiary/aromatic N) is 3. The molecule has 0 aliphatic carbocycles. The smallest absolute Gasteiger partial charge is 0.225 e. The normalized spacial score (nSPS) is 19.8. The molecule has 0 saturated carbocycles. The molecule has 1 aliphatic heterocycles. The van der Waals surface area contributed by atoms with Crippen molar-refractivity contribution in [3.63, 3.8) is 0 Å². The summed E-state index contributed by atoms with van der Waals surface area (Å²) < 4.78 is 0. The van der Waals surface area contributed by atoms with Gasteiger partial charge in [-0.2, -0.15) is 0 Å². The molecule has 1 aromatic rings. The second-order valence-corrected chi connectivity index (χ2v) is 5.55. The quantitative estimate of drug-likeness (QED) is 0.884. The Morgan fingerprint density at radius 2 is 2.22 bits per heavy atom. The first kappa shape index (κ1) is 13.3. The zero-order valence-corrected chi connectivity index (χ0v) is 11.9. The first-order chi connectivity index (χ1) is 8.60. The van der Waals surface area contributed by atoms with Crippen LogP contribution in [0.4, 0.5) is 5.95 Å². The SMILES string of the molecule is CNCC1CCN(c2nc(C)cc(C(C)C)n2)C1. The molecule has 2 heterocycles. The summed E-state index contributed by atoms with van der Waals surface area (Å²) in [6.07, 6.45) is 1.23. The number of rotatable bonds is 4. The van der Waals surface area contributed by atoms with E-state index in [4.69, 9.17) is 4.98 Å². The average molecular weight is 248 g/mol. The van der Waals surface area contributed by atoms with Crippen LogP contribution < -0.4 is 10.2 Å². The van der Waals surface area contributed by atoms with Crippen molar-refractivity contribution in [1.29, 1.82) is 0 Å². The minimum Gasteiger partial charge on any atom is -0.340 e. The van der Waals surface area contributed by atoms with Gasteiger partial charge in [0.1, 0.15) is 0 Å². The van der Waals surface area contributed by atoms with Gasteiger partial charge in [-0.05, 0) is 44.8 Å². The largest absolute Gasteiger partial charge is 0.340 e. The fourth-order valence-corrected chi connectivity index (χ4v) is 2.48. The number of aromatic nitrogens is 2. The summed E-state index contributed by atoms with van der Waals surface area (Å²) in [6.45, 7) is 9.64. The Labute approximate surface area is 110 Å². The van der Waals surface area contributed by atoms with E-state index in [0.717, 1.165) is 42.9 Å². The Morgan fingerprint density at radius 3 is 2.89 bits per heavy atom. The first-order valence-electron chi connectivity index (χ1n) is 6.85. The monoisotopic (exact) mass is 248 g/mol. The molecule has 0 bridgehead atoms. The van der Waals surface area contributed by atoms with Crippen LogP contribution >= 0.6 is 0 Å². The van der Waals surface area contributed by atoms with Crippen LogP contribution in [-0.4, -0.2) is 36.6 Å². The highest BCUT2D eigenvalue weighted by atomic mass is 15.3. The van der Waals surface area contributed by atoms with Crippen LogP contribution in [0.1, 0.15) is 37.6 Å². The molecule has 2 rings (SSSR count). The van der Waals surface area contributed by atoms with Crippen molar-refractivity contribution in [2.45, 2.75) is 33.1 Å². The highest BCUT2D eigenvalue weighted by molar-refractivity contribution is 5.34. The Kier molecular flexibility index (Phi) is 4.17. The number of hydrogen-bond donors (Lipinski definition) is 1. The van der Waals surface area contributed by atoms with Gasteiger partial charge in [0.05, 0.1) is 0 Å². The Morgan fingerprint density at radius 1 is 1.44 bits per heavy atom. The van der Waals surface area contributed by atoms with Crippen molar-refractivity contribution in [2.24, 2.45) is 5.92 Å². The van der Waals surface area contributed by atoms with Gasteiger partial charge < -0.3 is 10.2 Å². The predicted molar refractivity (Wildman–Crippen MR) is 75.1 cm³/mol. The van der Waals surface area contributed by atoms with Gasteiger partial charge in [-0.25, -0.2) is 9.97 Å². The van der Waals surface area contributed by atoms with Gasteiger partial charge in [0.25, 0.3) is 0 Å². The van der Waals surface area contributed by atoms with Crippen LogP contribution in [-0.2, 0) is 0 Å². The maximum Gasteiger partial charge on any atom is 0.225 e. The molecule has 1 N–H and O–H groups in total. The molecule has 0 amide bonds. The van der Waals surface area contributed by atoms with E-state index in [2.05, 4.69) is 42.0 Å². The molecule has 18 heavy (non-hydrogen) atoms. The van der Waals surface area contributed by atoms with Crippen molar-refractivity contribution in [2.75, 3.05) is 31.6 Å². The summed E-state index contributed by atoms with van der Waals surface area (Å²) in [5, 5.41) is 3.26. The van der Waals surface area contributed by atoms with Crippen LogP contribution in [0.25, 0.3) is 0 Å². The molecule has 1 saturated heterocycles. The van der Waals surface area contributed by atoms with Crippen molar-refractivity contribution in [3.05, 3.63) is 17.5 Å². The van der Waals surface area contributed by atoms with Crippen LogP contribution in [0.15, 0.2) is 6.07 Å². The van der Waals surface area contributed by atoms with E-state index in [1.54, 1.807) is 0 Å². The fourth-order valence-electron chi connectivity index (χ4n) is 2.48. The molecular formula is C14H24N4. The van der Waals surface area contributed by atoms with E-state index in [0.29, 0.717) is 5.92 Å². The molecule has 100 valence electrons. The van der Waals surface area contributed by atoms with Gasteiger partial charge in [0.15, 0.2) is 0 Å². The van der Waals surface area contributed by atoms with Crippen LogP contribution in [0.5, 0.6) is 0 Å². The van der Waals surface area contributed by atoms with Crippen LogP contribution in [0, 0.1) is 12.8 Å². The first-order valence-corrected chi connectivity index (χ1v) is 6.85. The lowest BCUT2D eigenvalue weighted by Crippen LogP contribution is -2.26. The zero-order valence-electron chi connectivity index (χ0n) is 11.9. The van der Waals surface area contributed by atoms with Crippen LogP contribution in [0.2, 0.25) is 0 Å². The predicted octanol–water partition coefficient (Wildman–Crippen LogP) is 1.95. The zero-order chi connectivity index (χ0) is 13.1. The Hall–Kier alpha value is -1.16. The maximum absolute atomic E-state index is 4.70. The second-order valence-electron chi connectivity index (χ2n) is 5.55. The Balaban J connectivity index is 2.14. The molecule has 0 spiro atoms. The van der Waals surface area contributed by atoms with E-state index in [-0.39, 0.29) is 0 Å². The van der Waals surface area contributed by atoms with Crippen LogP contribution in [0.3, 0.4) is 0 Å². The summed E-state index contributed by atoms with van der Waals surface area (Å²) in [5.74, 6) is 2.10. The summed E-state index contributed by atoms with van der Waals surface area (Å²) in [4.78, 5) is 11.6. The lowest BCUT2D eigenvalue weighted by molar-refractivity contribution is 0.548. The van der Waals surface area contributed by atoms with Gasteiger partial charge in [0, 0.05) is 24.5 Å². The average Bonchev–Trinajstić information content (AvgIpc) is 2.77. The van der Waals surface area contributed by atoms with E-state index in [1.165, 1.54) is 6.42 Å². The Bertz CT molecular complexity index is 403. The molecule has 1 fully saturated rings. The standard InChI is InChI=1S/C14H24N4/c1-10(2)13-7-11(3)16-14(17-13)18-6-5-12(9-18)8-15-4/h7,10,12,15H,5-6,8-9H2,1-4H3. The highest BCUT2D eigenvalue weighted by Gasteiger charge is 2.24. The molecule has 1 unspecified atom stereocenters. The number of nitrogens with one attached hydrogen (secondary N) is 1. The van der Waals surface area contributed by atoms with Gasteiger partial charge in [-0.1, -0.05) is 13.8 Å². The number of aryl methyl sites for hydroxylation is 1. The molecule has 0 radical (unpaired) electrons. The van der Waals surface area contributed by atoms with Crippen molar-refractivity contribution < 1.29 is 0 Å². The topological polar surface area (TPSA) is 41.0 Å². The minimum atomic E-state index is 0.459. The third-order valence-corrected chi connectivity index (χ3v) is 3.52. The van der Waals surface area contributed by atoms with Crippen molar-refractivity contribution in [3.8, 4) is 0 Å². The van der Waals surface area contributed by atoms with Gasteiger partial charge in [-0.3, -0.25) is 0 Å². The second kappa shape index (κ2) is 5.65. The van der Waals surface area contributed by atoms with E-state index in [1.807, 2.05) is 7.05 Å². The van der Waals surface area contributed by atoms with Crippen molar-refractivity contribution in [1.82, 2.24) is 15.3 Å². The molecule has 4 nitrogen and oxygen atoms in total. The highest BCUT2D eigenvalue weighted by Crippen LogP contribution is 2.22. The lowest BCUT2D eigenvalue weighted by Gasteiger charge is -2.18. The molecular weight excluding hydrogens is 224 g/mol. The third-order valence-electron chi connectivity index (χ3n) is 3.52. The summed E-state index contributed by atoms with van der Waals surface area (Å²) in [5.41, 5.74) is 2.22. The fraction of sp³-hybridized carbons (Fsp3) is 0.714. The van der Waals surface area contributed by atoms with E-state index in [9.17, 15) is 0 Å². The number of hydrogen-bond acceptors (Lipinski definition) is 4. The molecule has 4 heteroatoms. The van der Waals surface area contributed by atoms with Gasteiger partial charge in [0.2, 0.25) is 5.95 Å². The summed E-state index contributed by atoms with van der Waals surface area (Å²) >= 11 is 0. The number of anilines is 1. The molecule has 1 atom stereocenters. The van der Waals surface area contributed by atoms with Gasteiger partial charge >= 0.3 is 0 Å². The van der Waals surface area contributed by atoms with E-state index < -0.39 is 0 Å². The maximum atomic E-state index is 4.70. The molecule has 0 aromatic carbocycles. The third kappa shape index (κ3) is 2.99. The van der Waals surface area contributed by atoms with Gasteiger partial charge in [-0.15, -0.1) is 0 Å². The van der Waals surface area contributed by atoms with E-state index >= 15 is 0 Å². The minimum absolute atomic E-state index is 0.459. The summed E-state index contributed by atoms with van der Waals surface area (Å²) in [7, 11) is 2.02. The lowest BCUT2D eigenvalue weighted by atomic mass is 10.1. The molecule has 1 aromatic heterocycles. The van der Waals surface area contributed by atoms with Crippen molar-refractivity contribution >= 4 is 5.95 Å². The summed E-state index contributed by atoms with van der Waals surface area (Å²) in [6, 6.07) is 2.09.